The van der Waals surface area contributed by atoms with Gasteiger partial charge in [0.2, 0.25) is 0 Å². The molecule has 0 fully saturated rings. The van der Waals surface area contributed by atoms with Crippen molar-refractivity contribution in [2.24, 2.45) is 0 Å². The third kappa shape index (κ3) is 4.91. The van der Waals surface area contributed by atoms with Gasteiger partial charge in [0.1, 0.15) is 6.42 Å². The zero-order valence-electron chi connectivity index (χ0n) is 10.5. The van der Waals surface area contributed by atoms with Crippen LogP contribution in [0.3, 0.4) is 0 Å². The Morgan fingerprint density at radius 1 is 1.06 bits per heavy atom. The molecule has 1 rings (SSSR count). The molecule has 0 saturated heterocycles. The van der Waals surface area contributed by atoms with Crippen molar-refractivity contribution >= 4 is 17.5 Å². The number of Topliss-reactive ketones (excluding diaryl/α,β-unsaturated/α-hetero) is 2. The molecule has 0 aromatic heterocycles. The summed E-state index contributed by atoms with van der Waals surface area (Å²) in [6.45, 7) is 3.41. The van der Waals surface area contributed by atoms with Crippen molar-refractivity contribution in [3.8, 4) is 0 Å². The quantitative estimate of drug-likeness (QED) is 0.440. The number of hydrogen-bond acceptors (Lipinski definition) is 4. The molecular weight excluding hydrogens is 232 g/mol. The molecular formula is C14H16O4. The highest BCUT2D eigenvalue weighted by Crippen LogP contribution is 2.05. The Balaban J connectivity index is 2.46. The van der Waals surface area contributed by atoms with Crippen LogP contribution in [0, 0.1) is 0 Å². The molecule has 0 amide bonds. The molecule has 96 valence electrons. The highest BCUT2D eigenvalue weighted by Gasteiger charge is 2.16. The summed E-state index contributed by atoms with van der Waals surface area (Å²) in [7, 11) is 0. The largest absolute Gasteiger partial charge is 0.463 e. The van der Waals surface area contributed by atoms with E-state index < -0.39 is 11.8 Å². The van der Waals surface area contributed by atoms with E-state index in [4.69, 9.17) is 4.74 Å². The van der Waals surface area contributed by atoms with Gasteiger partial charge in [-0.15, -0.1) is 0 Å². The maximum Gasteiger partial charge on any atom is 0.313 e. The van der Waals surface area contributed by atoms with Crippen LogP contribution in [0.25, 0.3) is 0 Å². The maximum atomic E-state index is 11.7. The fourth-order valence-corrected chi connectivity index (χ4v) is 1.43. The zero-order chi connectivity index (χ0) is 13.5. The first-order valence-corrected chi connectivity index (χ1v) is 5.78. The van der Waals surface area contributed by atoms with Crippen LogP contribution in [0.2, 0.25) is 0 Å². The van der Waals surface area contributed by atoms with E-state index >= 15 is 0 Å². The normalized spacial score (nSPS) is 10.2. The minimum absolute atomic E-state index is 0.255. The van der Waals surface area contributed by atoms with E-state index in [0.29, 0.717) is 5.56 Å². The van der Waals surface area contributed by atoms with E-state index in [1.54, 1.807) is 44.2 Å². The topological polar surface area (TPSA) is 60.4 Å². The molecule has 0 bridgehead atoms. The summed E-state index contributed by atoms with van der Waals surface area (Å²) in [5.74, 6) is -1.29. The van der Waals surface area contributed by atoms with Crippen molar-refractivity contribution in [3.63, 3.8) is 0 Å². The van der Waals surface area contributed by atoms with E-state index in [1.165, 1.54) is 0 Å². The molecule has 0 aliphatic carbocycles. The Kier molecular flexibility index (Phi) is 5.24. The molecule has 18 heavy (non-hydrogen) atoms. The van der Waals surface area contributed by atoms with Gasteiger partial charge in [-0.05, 0) is 13.8 Å². The average Bonchev–Trinajstić information content (AvgIpc) is 2.28. The maximum absolute atomic E-state index is 11.7. The predicted octanol–water partition coefficient (Wildman–Crippen LogP) is 2.17. The van der Waals surface area contributed by atoms with Crippen molar-refractivity contribution < 1.29 is 19.1 Å². The van der Waals surface area contributed by atoms with Gasteiger partial charge in [0.25, 0.3) is 0 Å². The van der Waals surface area contributed by atoms with Crippen LogP contribution in [0.5, 0.6) is 0 Å². The standard InChI is InChI=1S/C14H16O4/c1-10(2)18-14(17)9-12(15)8-13(16)11-6-4-3-5-7-11/h3-7,10H,8-9H2,1-2H3. The van der Waals surface area contributed by atoms with Crippen molar-refractivity contribution in [1.82, 2.24) is 0 Å². The lowest BCUT2D eigenvalue weighted by Crippen LogP contribution is -2.17. The van der Waals surface area contributed by atoms with Crippen LogP contribution < -0.4 is 0 Å². The molecule has 0 aliphatic rings. The van der Waals surface area contributed by atoms with Gasteiger partial charge >= 0.3 is 5.97 Å². The van der Waals surface area contributed by atoms with Crippen LogP contribution in [0.1, 0.15) is 37.0 Å². The van der Waals surface area contributed by atoms with Crippen LogP contribution in [0.4, 0.5) is 0 Å². The lowest BCUT2D eigenvalue weighted by molar-refractivity contribution is -0.149. The van der Waals surface area contributed by atoms with Crippen LogP contribution in [0.15, 0.2) is 30.3 Å². The van der Waals surface area contributed by atoms with Gasteiger partial charge in [0.05, 0.1) is 12.5 Å². The van der Waals surface area contributed by atoms with Crippen molar-refractivity contribution in [3.05, 3.63) is 35.9 Å². The van der Waals surface area contributed by atoms with Crippen molar-refractivity contribution in [2.45, 2.75) is 32.8 Å². The minimum Gasteiger partial charge on any atom is -0.463 e. The van der Waals surface area contributed by atoms with Gasteiger partial charge in [0, 0.05) is 5.56 Å². The van der Waals surface area contributed by atoms with Crippen LogP contribution in [-0.2, 0) is 14.3 Å². The van der Waals surface area contributed by atoms with E-state index in [-0.39, 0.29) is 24.7 Å². The second-order valence-electron chi connectivity index (χ2n) is 4.22. The highest BCUT2D eigenvalue weighted by molar-refractivity contribution is 6.11. The first-order chi connectivity index (χ1) is 8.49. The molecule has 4 nitrogen and oxygen atoms in total. The van der Waals surface area contributed by atoms with Gasteiger partial charge < -0.3 is 4.74 Å². The van der Waals surface area contributed by atoms with E-state index in [2.05, 4.69) is 0 Å². The Bertz CT molecular complexity index is 434. The summed E-state index contributed by atoms with van der Waals surface area (Å²) in [6.07, 6.45) is -0.872. The minimum atomic E-state index is -0.587. The molecule has 1 aromatic rings. The second kappa shape index (κ2) is 6.69. The number of hydrogen-bond donors (Lipinski definition) is 0. The number of benzene rings is 1. The average molecular weight is 248 g/mol. The zero-order valence-corrected chi connectivity index (χ0v) is 10.5. The fraction of sp³-hybridized carbons (Fsp3) is 0.357. The molecule has 0 radical (unpaired) electrons. The van der Waals surface area contributed by atoms with Gasteiger partial charge in [0.15, 0.2) is 11.6 Å². The van der Waals surface area contributed by atoms with Gasteiger partial charge in [-0.2, -0.15) is 0 Å². The van der Waals surface area contributed by atoms with Gasteiger partial charge in [-0.25, -0.2) is 0 Å². The molecule has 0 saturated carbocycles. The first kappa shape index (κ1) is 14.1. The third-order valence-electron chi connectivity index (χ3n) is 2.16. The Morgan fingerprint density at radius 3 is 2.22 bits per heavy atom. The van der Waals surface area contributed by atoms with Crippen molar-refractivity contribution in [1.29, 1.82) is 0 Å². The summed E-state index contributed by atoms with van der Waals surface area (Å²) in [5.41, 5.74) is 0.475. The lowest BCUT2D eigenvalue weighted by Gasteiger charge is -2.06. The lowest BCUT2D eigenvalue weighted by atomic mass is 10.0. The summed E-state index contributed by atoms with van der Waals surface area (Å²) in [4.78, 5) is 34.4. The Hall–Kier alpha value is -1.97. The number of ketones is 2. The molecule has 0 atom stereocenters. The molecule has 0 aliphatic heterocycles. The number of carbonyl (C=O) groups is 3. The molecule has 0 unspecified atom stereocenters. The Morgan fingerprint density at radius 2 is 1.67 bits per heavy atom. The monoisotopic (exact) mass is 248 g/mol. The number of ether oxygens (including phenoxy) is 1. The third-order valence-corrected chi connectivity index (χ3v) is 2.16. The first-order valence-electron chi connectivity index (χ1n) is 5.78. The smallest absolute Gasteiger partial charge is 0.313 e. The predicted molar refractivity (Wildman–Crippen MR) is 66.2 cm³/mol. The van der Waals surface area contributed by atoms with Crippen LogP contribution >= 0.6 is 0 Å². The van der Waals surface area contributed by atoms with Crippen LogP contribution in [-0.4, -0.2) is 23.6 Å². The van der Waals surface area contributed by atoms with E-state index in [9.17, 15) is 14.4 Å². The fourth-order valence-electron chi connectivity index (χ4n) is 1.43. The SMILES string of the molecule is CC(C)OC(=O)CC(=O)CC(=O)c1ccccc1. The number of rotatable bonds is 6. The molecule has 1 aromatic carbocycles. The van der Waals surface area contributed by atoms with E-state index in [1.807, 2.05) is 0 Å². The molecule has 0 spiro atoms. The summed E-state index contributed by atoms with van der Waals surface area (Å²) in [5, 5.41) is 0. The number of esters is 1. The molecule has 0 N–H and O–H groups in total. The molecule has 4 heteroatoms. The van der Waals surface area contributed by atoms with Gasteiger partial charge in [-0.1, -0.05) is 30.3 Å². The summed E-state index contributed by atoms with van der Waals surface area (Å²) < 4.78 is 4.84. The second-order valence-corrected chi connectivity index (χ2v) is 4.22. The van der Waals surface area contributed by atoms with E-state index in [0.717, 1.165) is 0 Å². The Labute approximate surface area is 106 Å². The van der Waals surface area contributed by atoms with Crippen molar-refractivity contribution in [2.75, 3.05) is 0 Å². The number of carbonyl (C=O) groups excluding carboxylic acids is 3. The molecule has 0 heterocycles. The van der Waals surface area contributed by atoms with Gasteiger partial charge in [-0.3, -0.25) is 14.4 Å². The summed E-state index contributed by atoms with van der Waals surface area (Å²) >= 11 is 0. The highest BCUT2D eigenvalue weighted by atomic mass is 16.5. The summed E-state index contributed by atoms with van der Waals surface area (Å²) in [6, 6.07) is 8.53.